The van der Waals surface area contributed by atoms with E-state index >= 15 is 0 Å². The van der Waals surface area contributed by atoms with E-state index in [1.165, 1.54) is 0 Å². The SMILES string of the molecule is O=C1NC(=S)N/C1=C/c1ccc(OCc2ccccc2)cc1. The third-order valence-corrected chi connectivity index (χ3v) is 3.36. The first kappa shape index (κ1) is 14.3. The van der Waals surface area contributed by atoms with Gasteiger partial charge in [-0.15, -0.1) is 0 Å². The summed E-state index contributed by atoms with van der Waals surface area (Å²) in [4.78, 5) is 11.6. The zero-order valence-corrected chi connectivity index (χ0v) is 12.5. The second kappa shape index (κ2) is 6.41. The lowest BCUT2D eigenvalue weighted by atomic mass is 10.2. The number of thiocarbonyl (C=S) groups is 1. The summed E-state index contributed by atoms with van der Waals surface area (Å²) in [7, 11) is 0. The summed E-state index contributed by atoms with van der Waals surface area (Å²) in [5.74, 6) is 0.569. The lowest BCUT2D eigenvalue weighted by molar-refractivity contribution is -0.115. The molecule has 2 aromatic carbocycles. The van der Waals surface area contributed by atoms with Crippen molar-refractivity contribution in [3.8, 4) is 5.75 Å². The highest BCUT2D eigenvalue weighted by Gasteiger charge is 2.19. The molecule has 0 atom stereocenters. The summed E-state index contributed by atoms with van der Waals surface area (Å²) in [5.41, 5.74) is 2.46. The second-order valence-corrected chi connectivity index (χ2v) is 5.22. The second-order valence-electron chi connectivity index (χ2n) is 4.81. The molecule has 5 heteroatoms. The third-order valence-electron chi connectivity index (χ3n) is 3.16. The summed E-state index contributed by atoms with van der Waals surface area (Å²) in [6, 6.07) is 17.5. The molecule has 0 unspecified atom stereocenters. The molecular formula is C17H14N2O2S. The number of benzene rings is 2. The summed E-state index contributed by atoms with van der Waals surface area (Å²) in [5, 5.41) is 5.67. The maximum absolute atomic E-state index is 11.6. The highest BCUT2D eigenvalue weighted by atomic mass is 32.1. The van der Waals surface area contributed by atoms with Gasteiger partial charge in [-0.3, -0.25) is 10.1 Å². The van der Waals surface area contributed by atoms with Crippen LogP contribution < -0.4 is 15.4 Å². The van der Waals surface area contributed by atoms with Gasteiger partial charge in [-0.2, -0.15) is 0 Å². The Hall–Kier alpha value is -2.66. The summed E-state index contributed by atoms with van der Waals surface area (Å²) >= 11 is 4.89. The van der Waals surface area contributed by atoms with Crippen molar-refractivity contribution in [3.63, 3.8) is 0 Å². The maximum atomic E-state index is 11.6. The van der Waals surface area contributed by atoms with Crippen LogP contribution in [0.25, 0.3) is 6.08 Å². The van der Waals surface area contributed by atoms with Gasteiger partial charge in [0, 0.05) is 0 Å². The molecule has 110 valence electrons. The molecule has 1 saturated heterocycles. The number of hydrogen-bond acceptors (Lipinski definition) is 3. The van der Waals surface area contributed by atoms with Crippen molar-refractivity contribution in [3.05, 3.63) is 71.4 Å². The molecule has 0 radical (unpaired) electrons. The molecule has 1 amide bonds. The van der Waals surface area contributed by atoms with Gasteiger partial charge in [0.2, 0.25) is 0 Å². The molecule has 2 N–H and O–H groups in total. The summed E-state index contributed by atoms with van der Waals surface area (Å²) < 4.78 is 5.72. The Kier molecular flexibility index (Phi) is 4.16. The van der Waals surface area contributed by atoms with Gasteiger partial charge in [-0.1, -0.05) is 42.5 Å². The zero-order valence-electron chi connectivity index (χ0n) is 11.7. The summed E-state index contributed by atoms with van der Waals surface area (Å²) in [6.07, 6.45) is 1.75. The van der Waals surface area contributed by atoms with Crippen molar-refractivity contribution in [1.82, 2.24) is 10.6 Å². The van der Waals surface area contributed by atoms with E-state index in [4.69, 9.17) is 17.0 Å². The Labute approximate surface area is 133 Å². The van der Waals surface area contributed by atoms with Crippen molar-refractivity contribution in [2.45, 2.75) is 6.61 Å². The van der Waals surface area contributed by atoms with Crippen LogP contribution >= 0.6 is 12.2 Å². The van der Waals surface area contributed by atoms with Crippen molar-refractivity contribution in [1.29, 1.82) is 0 Å². The van der Waals surface area contributed by atoms with Crippen LogP contribution in [0.5, 0.6) is 5.75 Å². The lowest BCUT2D eigenvalue weighted by Gasteiger charge is -2.06. The van der Waals surface area contributed by atoms with Crippen LogP contribution in [0.15, 0.2) is 60.3 Å². The van der Waals surface area contributed by atoms with Crippen LogP contribution in [-0.2, 0) is 11.4 Å². The average molecular weight is 310 g/mol. The van der Waals surface area contributed by atoms with Crippen molar-refractivity contribution in [2.75, 3.05) is 0 Å². The Morgan fingerprint density at radius 1 is 1.00 bits per heavy atom. The van der Waals surface area contributed by atoms with Crippen molar-refractivity contribution >= 4 is 29.3 Å². The fraction of sp³-hybridized carbons (Fsp3) is 0.0588. The van der Waals surface area contributed by atoms with Gasteiger partial charge < -0.3 is 10.1 Å². The van der Waals surface area contributed by atoms with Gasteiger partial charge in [-0.25, -0.2) is 0 Å². The van der Waals surface area contributed by atoms with E-state index in [1.807, 2.05) is 54.6 Å². The Balaban J connectivity index is 1.64. The van der Waals surface area contributed by atoms with Crippen LogP contribution in [0, 0.1) is 0 Å². The Morgan fingerprint density at radius 2 is 1.73 bits per heavy atom. The fourth-order valence-corrected chi connectivity index (χ4v) is 2.25. The number of amides is 1. The van der Waals surface area contributed by atoms with Gasteiger partial charge in [-0.05, 0) is 41.6 Å². The topological polar surface area (TPSA) is 50.4 Å². The van der Waals surface area contributed by atoms with Gasteiger partial charge >= 0.3 is 0 Å². The first-order valence-corrected chi connectivity index (χ1v) is 7.22. The molecule has 0 aromatic heterocycles. The minimum atomic E-state index is -0.214. The monoisotopic (exact) mass is 310 g/mol. The van der Waals surface area contributed by atoms with Gasteiger partial charge in [0.25, 0.3) is 5.91 Å². The molecule has 0 aliphatic carbocycles. The number of carbonyl (C=O) groups excluding carboxylic acids is 1. The quantitative estimate of drug-likeness (QED) is 0.673. The predicted molar refractivity (Wildman–Crippen MR) is 89.1 cm³/mol. The largest absolute Gasteiger partial charge is 0.489 e. The van der Waals surface area contributed by atoms with E-state index in [2.05, 4.69) is 10.6 Å². The molecule has 0 saturated carbocycles. The minimum Gasteiger partial charge on any atom is -0.489 e. The Morgan fingerprint density at radius 3 is 2.36 bits per heavy atom. The summed E-state index contributed by atoms with van der Waals surface area (Å²) in [6.45, 7) is 0.527. The van der Waals surface area contributed by atoms with E-state index in [1.54, 1.807) is 6.08 Å². The molecule has 4 nitrogen and oxygen atoms in total. The molecule has 0 spiro atoms. The van der Waals surface area contributed by atoms with Crippen LogP contribution in [0.4, 0.5) is 0 Å². The van der Waals surface area contributed by atoms with E-state index in [-0.39, 0.29) is 5.91 Å². The first-order valence-electron chi connectivity index (χ1n) is 6.81. The molecule has 1 aliphatic rings. The standard InChI is InChI=1S/C17H14N2O2S/c20-16-15(18-17(22)19-16)10-12-6-8-14(9-7-12)21-11-13-4-2-1-3-5-13/h1-10H,11H2,(H2,18,19,20,22)/b15-10+. The van der Waals surface area contributed by atoms with Crippen LogP contribution in [0.1, 0.15) is 11.1 Å². The van der Waals surface area contributed by atoms with E-state index < -0.39 is 0 Å². The molecule has 3 rings (SSSR count). The molecule has 22 heavy (non-hydrogen) atoms. The zero-order chi connectivity index (χ0) is 15.4. The van der Waals surface area contributed by atoms with E-state index in [9.17, 15) is 4.79 Å². The van der Waals surface area contributed by atoms with Crippen LogP contribution in [-0.4, -0.2) is 11.0 Å². The highest BCUT2D eigenvalue weighted by molar-refractivity contribution is 7.80. The molecule has 1 heterocycles. The van der Waals surface area contributed by atoms with Crippen LogP contribution in [0.2, 0.25) is 0 Å². The van der Waals surface area contributed by atoms with E-state index in [0.717, 1.165) is 16.9 Å². The number of hydrogen-bond donors (Lipinski definition) is 2. The third kappa shape index (κ3) is 3.51. The normalized spacial score (nSPS) is 15.5. The molecular weight excluding hydrogens is 296 g/mol. The Bertz CT molecular complexity index is 724. The smallest absolute Gasteiger partial charge is 0.273 e. The van der Waals surface area contributed by atoms with Gasteiger partial charge in [0.15, 0.2) is 5.11 Å². The number of rotatable bonds is 4. The van der Waals surface area contributed by atoms with E-state index in [0.29, 0.717) is 17.4 Å². The predicted octanol–water partition coefficient (Wildman–Crippen LogP) is 2.61. The van der Waals surface area contributed by atoms with Gasteiger partial charge in [0.05, 0.1) is 0 Å². The first-order chi connectivity index (χ1) is 10.7. The number of nitrogens with one attached hydrogen (secondary N) is 2. The lowest BCUT2D eigenvalue weighted by Crippen LogP contribution is -2.21. The molecule has 2 aromatic rings. The molecule has 1 fully saturated rings. The molecule has 0 bridgehead atoms. The maximum Gasteiger partial charge on any atom is 0.273 e. The minimum absolute atomic E-state index is 0.214. The number of ether oxygens (including phenoxy) is 1. The van der Waals surface area contributed by atoms with Crippen LogP contribution in [0.3, 0.4) is 0 Å². The van der Waals surface area contributed by atoms with Crippen molar-refractivity contribution < 1.29 is 9.53 Å². The number of carbonyl (C=O) groups is 1. The fourth-order valence-electron chi connectivity index (χ4n) is 2.05. The highest BCUT2D eigenvalue weighted by Crippen LogP contribution is 2.16. The van der Waals surface area contributed by atoms with Gasteiger partial charge in [0.1, 0.15) is 18.1 Å². The van der Waals surface area contributed by atoms with Crippen molar-refractivity contribution in [2.24, 2.45) is 0 Å². The molecule has 1 aliphatic heterocycles. The average Bonchev–Trinajstić information content (AvgIpc) is 2.85.